The zero-order valence-corrected chi connectivity index (χ0v) is 17.7. The lowest BCUT2D eigenvalue weighted by Crippen LogP contribution is -2.52. The van der Waals surface area contributed by atoms with E-state index in [0.29, 0.717) is 16.8 Å². The molecule has 1 atom stereocenters. The lowest BCUT2D eigenvalue weighted by molar-refractivity contribution is -0.136. The van der Waals surface area contributed by atoms with E-state index in [0.717, 1.165) is 11.1 Å². The Morgan fingerprint density at radius 3 is 2.53 bits per heavy atom. The number of hydrogen-bond acceptors (Lipinski definition) is 5. The lowest BCUT2D eigenvalue weighted by Gasteiger charge is -2.29. The smallest absolute Gasteiger partial charge is 0.322 e. The van der Waals surface area contributed by atoms with Gasteiger partial charge in [0, 0.05) is 29.8 Å². The first-order valence-electron chi connectivity index (χ1n) is 10.2. The normalized spacial score (nSPS) is 17.6. The SMILES string of the molecule is Cc1ccc(NC(=O)NC(=O)c2ccc3c(c2)C(=O)N(C2CCC(=O)NC2=O)C3)cc1C. The summed E-state index contributed by atoms with van der Waals surface area (Å²) >= 11 is 0. The molecule has 164 valence electrons. The van der Waals surface area contributed by atoms with Crippen LogP contribution in [-0.2, 0) is 16.1 Å². The highest BCUT2D eigenvalue weighted by Gasteiger charge is 2.39. The van der Waals surface area contributed by atoms with Crippen molar-refractivity contribution in [1.82, 2.24) is 15.5 Å². The molecule has 1 unspecified atom stereocenters. The largest absolute Gasteiger partial charge is 0.326 e. The van der Waals surface area contributed by atoms with Gasteiger partial charge < -0.3 is 10.2 Å². The number of piperidine rings is 1. The number of hydrogen-bond donors (Lipinski definition) is 3. The molecule has 2 heterocycles. The molecule has 2 aromatic rings. The predicted octanol–water partition coefficient (Wildman–Crippen LogP) is 2.03. The van der Waals surface area contributed by atoms with E-state index in [1.165, 1.54) is 17.0 Å². The first-order valence-corrected chi connectivity index (χ1v) is 10.2. The van der Waals surface area contributed by atoms with Crippen molar-refractivity contribution in [2.75, 3.05) is 5.32 Å². The number of imide groups is 2. The van der Waals surface area contributed by atoms with Crippen LogP contribution in [-0.4, -0.2) is 40.6 Å². The van der Waals surface area contributed by atoms with Crippen molar-refractivity contribution >= 4 is 35.3 Å². The molecule has 0 bridgehead atoms. The summed E-state index contributed by atoms with van der Waals surface area (Å²) in [6.45, 7) is 4.10. The highest BCUT2D eigenvalue weighted by atomic mass is 16.2. The maximum absolute atomic E-state index is 12.9. The van der Waals surface area contributed by atoms with Crippen molar-refractivity contribution in [2.24, 2.45) is 0 Å². The molecule has 4 rings (SSSR count). The van der Waals surface area contributed by atoms with E-state index in [9.17, 15) is 24.0 Å². The van der Waals surface area contributed by atoms with E-state index in [1.54, 1.807) is 18.2 Å². The monoisotopic (exact) mass is 434 g/mol. The molecule has 1 saturated heterocycles. The van der Waals surface area contributed by atoms with E-state index in [4.69, 9.17) is 0 Å². The van der Waals surface area contributed by atoms with Crippen LogP contribution in [0.15, 0.2) is 36.4 Å². The van der Waals surface area contributed by atoms with Gasteiger partial charge in [-0.25, -0.2) is 4.79 Å². The van der Waals surface area contributed by atoms with Gasteiger partial charge >= 0.3 is 6.03 Å². The second-order valence-corrected chi connectivity index (χ2v) is 7.98. The van der Waals surface area contributed by atoms with Crippen molar-refractivity contribution in [1.29, 1.82) is 0 Å². The molecule has 1 fully saturated rings. The average molecular weight is 434 g/mol. The van der Waals surface area contributed by atoms with Gasteiger partial charge in [-0.1, -0.05) is 12.1 Å². The standard InChI is InChI=1S/C23H22N4O5/c1-12-3-6-16(9-13(12)2)24-23(32)26-20(29)14-4-5-15-11-27(22(31)17(15)10-14)18-7-8-19(28)25-21(18)30/h3-6,9-10,18H,7-8,11H2,1-2H3,(H,25,28,30)(H2,24,26,29,32). The van der Waals surface area contributed by atoms with Crippen molar-refractivity contribution < 1.29 is 24.0 Å². The van der Waals surface area contributed by atoms with E-state index < -0.39 is 23.9 Å². The van der Waals surface area contributed by atoms with Crippen LogP contribution in [0.5, 0.6) is 0 Å². The Hall–Kier alpha value is -4.01. The van der Waals surface area contributed by atoms with Crippen molar-refractivity contribution in [3.8, 4) is 0 Å². The van der Waals surface area contributed by atoms with E-state index >= 15 is 0 Å². The van der Waals surface area contributed by atoms with Gasteiger partial charge in [0.25, 0.3) is 11.8 Å². The number of nitrogens with zero attached hydrogens (tertiary/aromatic N) is 1. The number of aryl methyl sites for hydroxylation is 2. The van der Waals surface area contributed by atoms with Crippen LogP contribution in [0.4, 0.5) is 10.5 Å². The molecule has 9 heteroatoms. The van der Waals surface area contributed by atoms with Crippen LogP contribution in [0.3, 0.4) is 0 Å². The number of anilines is 1. The average Bonchev–Trinajstić information content (AvgIpc) is 3.06. The molecule has 6 amide bonds. The van der Waals surface area contributed by atoms with Gasteiger partial charge in [-0.15, -0.1) is 0 Å². The molecule has 2 aliphatic heterocycles. The number of nitrogens with one attached hydrogen (secondary N) is 3. The molecule has 3 N–H and O–H groups in total. The molecule has 2 aromatic carbocycles. The number of benzene rings is 2. The number of urea groups is 1. The molecule has 0 radical (unpaired) electrons. The van der Waals surface area contributed by atoms with Crippen LogP contribution in [0.2, 0.25) is 0 Å². The number of fused-ring (bicyclic) bond motifs is 1. The fourth-order valence-corrected chi connectivity index (χ4v) is 3.85. The minimum Gasteiger partial charge on any atom is -0.322 e. The molecular formula is C23H22N4O5. The Bertz CT molecular complexity index is 1170. The van der Waals surface area contributed by atoms with Crippen LogP contribution in [0.25, 0.3) is 0 Å². The second kappa shape index (κ2) is 8.26. The van der Waals surface area contributed by atoms with Crippen LogP contribution >= 0.6 is 0 Å². The summed E-state index contributed by atoms with van der Waals surface area (Å²) < 4.78 is 0. The van der Waals surface area contributed by atoms with Gasteiger partial charge in [0.2, 0.25) is 11.8 Å². The summed E-state index contributed by atoms with van der Waals surface area (Å²) in [5, 5.41) is 7.12. The lowest BCUT2D eigenvalue weighted by atomic mass is 10.0. The summed E-state index contributed by atoms with van der Waals surface area (Å²) in [5.41, 5.74) is 3.78. The van der Waals surface area contributed by atoms with Crippen molar-refractivity contribution in [3.05, 3.63) is 64.2 Å². The van der Waals surface area contributed by atoms with Gasteiger partial charge in [-0.05, 0) is 61.2 Å². The van der Waals surface area contributed by atoms with Crippen molar-refractivity contribution in [3.63, 3.8) is 0 Å². The van der Waals surface area contributed by atoms with Gasteiger partial charge in [0.15, 0.2) is 0 Å². The molecule has 0 aromatic heterocycles. The summed E-state index contributed by atoms with van der Waals surface area (Å²) in [6, 6.07) is 8.58. The molecule has 2 aliphatic rings. The zero-order valence-electron chi connectivity index (χ0n) is 17.7. The Balaban J connectivity index is 1.44. The maximum Gasteiger partial charge on any atom is 0.326 e. The van der Waals surface area contributed by atoms with E-state index in [2.05, 4.69) is 16.0 Å². The Morgan fingerprint density at radius 1 is 1.03 bits per heavy atom. The topological polar surface area (TPSA) is 125 Å². The van der Waals surface area contributed by atoms with Gasteiger partial charge in [-0.3, -0.25) is 29.8 Å². The number of rotatable bonds is 3. The third-order valence-electron chi connectivity index (χ3n) is 5.78. The third-order valence-corrected chi connectivity index (χ3v) is 5.78. The molecule has 0 spiro atoms. The van der Waals surface area contributed by atoms with Gasteiger partial charge in [0.1, 0.15) is 6.04 Å². The van der Waals surface area contributed by atoms with E-state index in [1.807, 2.05) is 19.9 Å². The van der Waals surface area contributed by atoms with Gasteiger partial charge in [-0.2, -0.15) is 0 Å². The predicted molar refractivity (Wildman–Crippen MR) is 115 cm³/mol. The highest BCUT2D eigenvalue weighted by Crippen LogP contribution is 2.28. The summed E-state index contributed by atoms with van der Waals surface area (Å²) in [6.07, 6.45) is 0.427. The fourth-order valence-electron chi connectivity index (χ4n) is 3.85. The zero-order chi connectivity index (χ0) is 23.0. The first kappa shape index (κ1) is 21.2. The maximum atomic E-state index is 12.9. The summed E-state index contributed by atoms with van der Waals surface area (Å²) in [7, 11) is 0. The quantitative estimate of drug-likeness (QED) is 0.638. The number of carbonyl (C=O) groups is 5. The molecule has 0 saturated carbocycles. The molecular weight excluding hydrogens is 412 g/mol. The molecule has 9 nitrogen and oxygen atoms in total. The third kappa shape index (κ3) is 4.09. The second-order valence-electron chi connectivity index (χ2n) is 7.98. The summed E-state index contributed by atoms with van der Waals surface area (Å²) in [5.74, 6) is -1.89. The van der Waals surface area contributed by atoms with Crippen LogP contribution in [0.1, 0.15) is 50.2 Å². The Kier molecular flexibility index (Phi) is 5.48. The molecule has 32 heavy (non-hydrogen) atoms. The van der Waals surface area contributed by atoms with Crippen LogP contribution in [0, 0.1) is 13.8 Å². The molecule has 0 aliphatic carbocycles. The number of amides is 6. The Morgan fingerprint density at radius 2 is 1.81 bits per heavy atom. The minimum absolute atomic E-state index is 0.150. The van der Waals surface area contributed by atoms with Gasteiger partial charge in [0.05, 0.1) is 0 Å². The first-order chi connectivity index (χ1) is 15.2. The Labute approximate surface area is 184 Å². The van der Waals surface area contributed by atoms with Crippen molar-refractivity contribution in [2.45, 2.75) is 39.3 Å². The van der Waals surface area contributed by atoms with E-state index in [-0.39, 0.29) is 36.8 Å². The summed E-state index contributed by atoms with van der Waals surface area (Å²) in [4.78, 5) is 62.6. The highest BCUT2D eigenvalue weighted by molar-refractivity contribution is 6.10. The fraction of sp³-hybridized carbons (Fsp3) is 0.261. The number of carbonyl (C=O) groups excluding carboxylic acids is 5. The minimum atomic E-state index is -0.728. The van der Waals surface area contributed by atoms with Crippen LogP contribution < -0.4 is 16.0 Å².